The zero-order valence-corrected chi connectivity index (χ0v) is 13.3. The molecule has 2 rings (SSSR count). The summed E-state index contributed by atoms with van der Waals surface area (Å²) in [5, 5.41) is 0.743. The molecule has 0 aliphatic heterocycles. The van der Waals surface area contributed by atoms with Gasteiger partial charge in [-0.3, -0.25) is 4.72 Å². The van der Waals surface area contributed by atoms with Crippen LogP contribution >= 0.6 is 50.5 Å². The fourth-order valence-corrected chi connectivity index (χ4v) is 4.66. The van der Waals surface area contributed by atoms with E-state index < -0.39 is 10.0 Å². The predicted molar refractivity (Wildman–Crippen MR) is 77.1 cm³/mol. The summed E-state index contributed by atoms with van der Waals surface area (Å²) in [7, 11) is -3.70. The first-order valence-corrected chi connectivity index (χ1v) is 8.32. The van der Waals surface area contributed by atoms with E-state index in [0.717, 1.165) is 11.3 Å². The third-order valence-corrected chi connectivity index (χ3v) is 6.39. The molecule has 0 aromatic carbocycles. The maximum Gasteiger partial charge on any atom is 0.272 e. The van der Waals surface area contributed by atoms with Gasteiger partial charge < -0.3 is 0 Å². The minimum Gasteiger partial charge on any atom is -0.263 e. The van der Waals surface area contributed by atoms with Crippen LogP contribution in [-0.4, -0.2) is 13.4 Å². The smallest absolute Gasteiger partial charge is 0.263 e. The minimum atomic E-state index is -3.70. The van der Waals surface area contributed by atoms with Gasteiger partial charge >= 0.3 is 0 Å². The van der Waals surface area contributed by atoms with Gasteiger partial charge in [-0.25, -0.2) is 13.4 Å². The van der Waals surface area contributed by atoms with Crippen LogP contribution in [0.4, 0.5) is 5.82 Å². The summed E-state index contributed by atoms with van der Waals surface area (Å²) < 4.78 is 27.0. The average Bonchev–Trinajstić information content (AvgIpc) is 2.59. The van der Waals surface area contributed by atoms with E-state index in [0.29, 0.717) is 13.8 Å². The molecule has 4 nitrogen and oxygen atoms in total. The van der Waals surface area contributed by atoms with Crippen LogP contribution in [0.3, 0.4) is 0 Å². The van der Waals surface area contributed by atoms with E-state index in [1.807, 2.05) is 0 Å². The third-order valence-electron chi connectivity index (χ3n) is 1.85. The normalized spacial score (nSPS) is 11.5. The van der Waals surface area contributed by atoms with Crippen molar-refractivity contribution in [1.82, 2.24) is 4.98 Å². The Balaban J connectivity index is 2.33. The van der Waals surface area contributed by atoms with Crippen molar-refractivity contribution in [3.8, 4) is 0 Å². The average molecular weight is 388 g/mol. The number of nitrogens with one attached hydrogen (secondary N) is 1. The summed E-state index contributed by atoms with van der Waals surface area (Å²) in [4.78, 5) is 3.86. The molecule has 9 heteroatoms. The summed E-state index contributed by atoms with van der Waals surface area (Å²) in [6, 6.07) is 4.34. The molecule has 2 aromatic heterocycles. The van der Waals surface area contributed by atoms with Crippen LogP contribution in [0.25, 0.3) is 0 Å². The Morgan fingerprint density at radius 3 is 2.61 bits per heavy atom. The van der Waals surface area contributed by atoms with Gasteiger partial charge in [-0.05, 0) is 28.1 Å². The van der Waals surface area contributed by atoms with Crippen molar-refractivity contribution < 1.29 is 8.42 Å². The Hall–Kier alpha value is -0.340. The van der Waals surface area contributed by atoms with Crippen molar-refractivity contribution in [3.05, 3.63) is 38.2 Å². The van der Waals surface area contributed by atoms with Gasteiger partial charge in [-0.2, -0.15) is 0 Å². The van der Waals surface area contributed by atoms with Crippen molar-refractivity contribution in [3.63, 3.8) is 0 Å². The highest BCUT2D eigenvalue weighted by Crippen LogP contribution is 2.35. The standard InChI is InChI=1S/C9H5BrCl2N2O2S2/c10-9-6(12)4-8(17-9)18(15,16)14-7-3-5(11)1-2-13-7/h1-4H,(H,13,14). The first kappa shape index (κ1) is 14.1. The van der Waals surface area contributed by atoms with Crippen LogP contribution in [-0.2, 0) is 10.0 Å². The molecule has 0 fully saturated rings. The molecule has 0 aliphatic rings. The van der Waals surface area contributed by atoms with Crippen LogP contribution < -0.4 is 4.72 Å². The number of hydrogen-bond acceptors (Lipinski definition) is 4. The first-order valence-electron chi connectivity index (χ1n) is 4.48. The van der Waals surface area contributed by atoms with Crippen molar-refractivity contribution in [2.75, 3.05) is 4.72 Å². The van der Waals surface area contributed by atoms with Gasteiger partial charge in [0, 0.05) is 17.3 Å². The molecule has 1 N–H and O–H groups in total. The maximum absolute atomic E-state index is 12.0. The van der Waals surface area contributed by atoms with Gasteiger partial charge in [-0.15, -0.1) is 11.3 Å². The number of hydrogen-bond donors (Lipinski definition) is 1. The molecule has 0 aliphatic carbocycles. The van der Waals surface area contributed by atoms with Gasteiger partial charge in [-0.1, -0.05) is 23.2 Å². The first-order chi connectivity index (χ1) is 8.38. The monoisotopic (exact) mass is 386 g/mol. The summed E-state index contributed by atoms with van der Waals surface area (Å²) in [6.07, 6.45) is 1.41. The topological polar surface area (TPSA) is 59.1 Å². The molecular formula is C9H5BrCl2N2O2S2. The number of halogens is 3. The highest BCUT2D eigenvalue weighted by molar-refractivity contribution is 9.11. The van der Waals surface area contributed by atoms with E-state index >= 15 is 0 Å². The van der Waals surface area contributed by atoms with E-state index in [9.17, 15) is 8.42 Å². The van der Waals surface area contributed by atoms with Gasteiger partial charge in [0.15, 0.2) is 0 Å². The Labute approximate surface area is 126 Å². The quantitative estimate of drug-likeness (QED) is 0.865. The number of thiophene rings is 1. The second-order valence-corrected chi connectivity index (χ2v) is 8.27. The van der Waals surface area contributed by atoms with Crippen molar-refractivity contribution in [2.45, 2.75) is 4.21 Å². The van der Waals surface area contributed by atoms with E-state index in [1.165, 1.54) is 18.3 Å². The van der Waals surface area contributed by atoms with Crippen molar-refractivity contribution in [1.29, 1.82) is 0 Å². The van der Waals surface area contributed by atoms with Crippen LogP contribution in [0.2, 0.25) is 10.0 Å². The predicted octanol–water partition coefficient (Wildman–Crippen LogP) is 4.01. The van der Waals surface area contributed by atoms with Gasteiger partial charge in [0.2, 0.25) is 0 Å². The molecule has 0 radical (unpaired) electrons. The Bertz CT molecular complexity index is 668. The van der Waals surface area contributed by atoms with Gasteiger partial charge in [0.25, 0.3) is 10.0 Å². The fraction of sp³-hybridized carbons (Fsp3) is 0. The summed E-state index contributed by atoms with van der Waals surface area (Å²) in [5.74, 6) is 0.156. The number of pyridine rings is 1. The summed E-state index contributed by atoms with van der Waals surface area (Å²) in [5.41, 5.74) is 0. The van der Waals surface area contributed by atoms with E-state index in [-0.39, 0.29) is 10.0 Å². The van der Waals surface area contributed by atoms with Crippen LogP contribution in [0.1, 0.15) is 0 Å². The number of aromatic nitrogens is 1. The third kappa shape index (κ3) is 3.16. The Morgan fingerprint density at radius 1 is 1.33 bits per heavy atom. The zero-order chi connectivity index (χ0) is 13.3. The van der Waals surface area contributed by atoms with Gasteiger partial charge in [0.05, 0.1) is 8.81 Å². The molecule has 96 valence electrons. The van der Waals surface area contributed by atoms with Crippen LogP contribution in [0, 0.1) is 0 Å². The highest BCUT2D eigenvalue weighted by Gasteiger charge is 2.19. The molecular weight excluding hydrogens is 383 g/mol. The number of sulfonamides is 1. The second-order valence-electron chi connectivity index (χ2n) is 3.15. The minimum absolute atomic E-state index is 0.0983. The van der Waals surface area contributed by atoms with Crippen LogP contribution in [0.5, 0.6) is 0 Å². The Kier molecular flexibility index (Phi) is 4.18. The SMILES string of the molecule is O=S(=O)(Nc1cc(Cl)ccn1)c1cc(Cl)c(Br)s1. The molecule has 0 saturated heterocycles. The highest BCUT2D eigenvalue weighted by atomic mass is 79.9. The van der Waals surface area contributed by atoms with E-state index in [1.54, 1.807) is 6.07 Å². The molecule has 0 spiro atoms. The lowest BCUT2D eigenvalue weighted by molar-refractivity contribution is 0.603. The lowest BCUT2D eigenvalue weighted by Gasteiger charge is -2.04. The van der Waals surface area contributed by atoms with E-state index in [2.05, 4.69) is 25.6 Å². The molecule has 0 saturated carbocycles. The molecule has 0 atom stereocenters. The molecule has 18 heavy (non-hydrogen) atoms. The number of nitrogens with zero attached hydrogens (tertiary/aromatic N) is 1. The fourth-order valence-electron chi connectivity index (χ4n) is 1.11. The van der Waals surface area contributed by atoms with Crippen molar-refractivity contribution >= 4 is 66.3 Å². The summed E-state index contributed by atoms with van der Waals surface area (Å²) >= 11 is 15.7. The van der Waals surface area contributed by atoms with Crippen molar-refractivity contribution in [2.24, 2.45) is 0 Å². The maximum atomic E-state index is 12.0. The number of anilines is 1. The zero-order valence-electron chi connectivity index (χ0n) is 8.52. The summed E-state index contributed by atoms with van der Waals surface area (Å²) in [6.45, 7) is 0. The van der Waals surface area contributed by atoms with E-state index in [4.69, 9.17) is 23.2 Å². The van der Waals surface area contributed by atoms with Crippen LogP contribution in [0.15, 0.2) is 32.4 Å². The largest absolute Gasteiger partial charge is 0.272 e. The number of rotatable bonds is 3. The second kappa shape index (κ2) is 5.34. The lowest BCUT2D eigenvalue weighted by Crippen LogP contribution is -2.12. The lowest BCUT2D eigenvalue weighted by atomic mass is 10.5. The molecule has 0 amide bonds. The molecule has 2 aromatic rings. The van der Waals surface area contributed by atoms with Gasteiger partial charge in [0.1, 0.15) is 10.0 Å². The molecule has 0 unspecified atom stereocenters. The Morgan fingerprint density at radius 2 is 2.06 bits per heavy atom. The molecule has 2 heterocycles. The molecule has 0 bridgehead atoms.